The fraction of sp³-hybridized carbons (Fsp3) is 0.172. The summed E-state index contributed by atoms with van der Waals surface area (Å²) in [6.07, 6.45) is 1.41. The normalized spacial score (nSPS) is 14.4. The molecule has 1 aliphatic carbocycles. The lowest BCUT2D eigenvalue weighted by Gasteiger charge is -2.28. The molecule has 9 heteroatoms. The van der Waals surface area contributed by atoms with Crippen molar-refractivity contribution in [3.05, 3.63) is 95.7 Å². The summed E-state index contributed by atoms with van der Waals surface area (Å²) < 4.78 is 28.0. The first-order valence-electron chi connectivity index (χ1n) is 12.2. The Kier molecular flexibility index (Phi) is 5.63. The van der Waals surface area contributed by atoms with E-state index < -0.39 is 17.0 Å². The molecule has 0 saturated heterocycles. The molecule has 5 aromatic rings. The fourth-order valence-electron chi connectivity index (χ4n) is 4.58. The van der Waals surface area contributed by atoms with Gasteiger partial charge in [-0.05, 0) is 66.6 Å². The Morgan fingerprint density at radius 2 is 1.47 bits per heavy atom. The minimum atomic E-state index is -0.405. The van der Waals surface area contributed by atoms with Crippen molar-refractivity contribution >= 4 is 5.78 Å². The highest BCUT2D eigenvalue weighted by Crippen LogP contribution is 2.34. The maximum Gasteiger partial charge on any atom is 0.223 e. The zero-order chi connectivity index (χ0) is 26.4. The number of benzene rings is 2. The van der Waals surface area contributed by atoms with Crippen LogP contribution in [0.3, 0.4) is 0 Å². The van der Waals surface area contributed by atoms with E-state index in [1.165, 1.54) is 29.1 Å². The molecule has 0 bridgehead atoms. The summed E-state index contributed by atoms with van der Waals surface area (Å²) in [5, 5.41) is 12.9. The van der Waals surface area contributed by atoms with Crippen molar-refractivity contribution in [1.29, 1.82) is 0 Å². The van der Waals surface area contributed by atoms with Crippen LogP contribution >= 0.6 is 0 Å². The molecular weight excluding hydrogens is 486 g/mol. The third-order valence-electron chi connectivity index (χ3n) is 6.74. The molecule has 0 aliphatic heterocycles. The van der Waals surface area contributed by atoms with E-state index in [0.717, 1.165) is 12.1 Å². The number of rotatable bonds is 4. The number of ketones is 1. The molecule has 3 heterocycles. The number of carbonyl (C=O) groups excluding carboxylic acids is 1. The second kappa shape index (κ2) is 9.02. The second-order valence-corrected chi connectivity index (χ2v) is 9.92. The lowest BCUT2D eigenvalue weighted by Crippen LogP contribution is -2.31. The zero-order valence-corrected chi connectivity index (χ0v) is 20.7. The number of hydrogen-bond donors (Lipinski definition) is 0. The van der Waals surface area contributed by atoms with Crippen molar-refractivity contribution in [3.63, 3.8) is 0 Å². The molecule has 1 aliphatic rings. The van der Waals surface area contributed by atoms with Gasteiger partial charge in [0.05, 0.1) is 22.8 Å². The number of pyridine rings is 2. The van der Waals surface area contributed by atoms with Crippen LogP contribution in [0.2, 0.25) is 0 Å². The molecular formula is C29H22F2N6O. The smallest absolute Gasteiger partial charge is 0.223 e. The lowest BCUT2D eigenvalue weighted by atomic mass is 9.75. The number of fused-ring (bicyclic) bond motifs is 1. The quantitative estimate of drug-likeness (QED) is 0.301. The molecule has 188 valence electrons. The van der Waals surface area contributed by atoms with Gasteiger partial charge in [-0.3, -0.25) is 4.79 Å². The van der Waals surface area contributed by atoms with Crippen LogP contribution in [0, 0.1) is 17.0 Å². The van der Waals surface area contributed by atoms with Gasteiger partial charge in [0.25, 0.3) is 0 Å². The van der Waals surface area contributed by atoms with Gasteiger partial charge in [-0.15, -0.1) is 15.0 Å². The standard InChI is InChI=1S/C29H22F2N6O/c1-29(2)12-11-23-22(27(29)38)9-10-24(32-23)28-34-36-37(35-28)21-15-25(17-5-3-7-19(30)13-17)33-26(16-21)18-6-4-8-20(31)14-18/h3-10,13-16H,11-12H2,1-2H3. The molecule has 2 aromatic carbocycles. The Balaban J connectivity index is 1.42. The zero-order valence-electron chi connectivity index (χ0n) is 20.7. The van der Waals surface area contributed by atoms with E-state index in [1.54, 1.807) is 48.5 Å². The number of aromatic nitrogens is 6. The highest BCUT2D eigenvalue weighted by molar-refractivity contribution is 6.02. The second-order valence-electron chi connectivity index (χ2n) is 9.92. The molecule has 0 N–H and O–H groups in total. The summed E-state index contributed by atoms with van der Waals surface area (Å²) in [6.45, 7) is 3.90. The summed E-state index contributed by atoms with van der Waals surface area (Å²) in [5.74, 6) is -0.422. The largest absolute Gasteiger partial charge is 0.294 e. The van der Waals surface area contributed by atoms with E-state index in [4.69, 9.17) is 0 Å². The summed E-state index contributed by atoms with van der Waals surface area (Å²) in [4.78, 5) is 23.4. The molecule has 3 aromatic heterocycles. The van der Waals surface area contributed by atoms with Gasteiger partial charge < -0.3 is 0 Å². The van der Waals surface area contributed by atoms with Gasteiger partial charge >= 0.3 is 0 Å². The Bertz CT molecular complexity index is 1650. The van der Waals surface area contributed by atoms with Gasteiger partial charge in [-0.25, -0.2) is 18.7 Å². The van der Waals surface area contributed by atoms with Gasteiger partial charge in [-0.1, -0.05) is 38.1 Å². The number of Topliss-reactive ketones (excluding diaryl/α,β-unsaturated/α-hetero) is 1. The van der Waals surface area contributed by atoms with Gasteiger partial charge in [0.1, 0.15) is 17.3 Å². The fourth-order valence-corrected chi connectivity index (χ4v) is 4.58. The van der Waals surface area contributed by atoms with Crippen LogP contribution in [0.4, 0.5) is 8.78 Å². The highest BCUT2D eigenvalue weighted by Gasteiger charge is 2.35. The summed E-state index contributed by atoms with van der Waals surface area (Å²) in [7, 11) is 0. The van der Waals surface area contributed by atoms with Gasteiger partial charge in [0, 0.05) is 22.1 Å². The van der Waals surface area contributed by atoms with Crippen LogP contribution in [0.1, 0.15) is 36.3 Å². The number of halogens is 2. The summed E-state index contributed by atoms with van der Waals surface area (Å²) >= 11 is 0. The van der Waals surface area contributed by atoms with Crippen LogP contribution in [0.5, 0.6) is 0 Å². The Morgan fingerprint density at radius 3 is 2.11 bits per heavy atom. The minimum Gasteiger partial charge on any atom is -0.294 e. The number of nitrogens with zero attached hydrogens (tertiary/aromatic N) is 6. The Hall–Kier alpha value is -4.66. The molecule has 0 fully saturated rings. The molecule has 0 amide bonds. The first-order chi connectivity index (χ1) is 18.3. The van der Waals surface area contributed by atoms with Gasteiger partial charge in [0.2, 0.25) is 5.82 Å². The molecule has 38 heavy (non-hydrogen) atoms. The molecule has 6 rings (SSSR count). The first kappa shape index (κ1) is 23.7. The highest BCUT2D eigenvalue weighted by atomic mass is 19.1. The average Bonchev–Trinajstić information content (AvgIpc) is 3.41. The van der Waals surface area contributed by atoms with Crippen LogP contribution in [-0.4, -0.2) is 36.0 Å². The third kappa shape index (κ3) is 4.36. The van der Waals surface area contributed by atoms with E-state index in [9.17, 15) is 13.6 Å². The van der Waals surface area contributed by atoms with E-state index in [-0.39, 0.29) is 5.78 Å². The van der Waals surface area contributed by atoms with E-state index in [0.29, 0.717) is 51.7 Å². The monoisotopic (exact) mass is 508 g/mol. The van der Waals surface area contributed by atoms with Gasteiger partial charge in [0.15, 0.2) is 5.78 Å². The summed E-state index contributed by atoms with van der Waals surface area (Å²) in [5.41, 5.74) is 4.00. The van der Waals surface area contributed by atoms with Crippen molar-refractivity contribution in [2.75, 3.05) is 0 Å². The van der Waals surface area contributed by atoms with Crippen molar-refractivity contribution in [3.8, 4) is 39.7 Å². The molecule has 0 saturated carbocycles. The van der Waals surface area contributed by atoms with E-state index in [1.807, 2.05) is 13.8 Å². The number of tetrazole rings is 1. The SMILES string of the molecule is CC1(C)CCc2nc(-c3nnn(-c4cc(-c5cccc(F)c5)nc(-c5cccc(F)c5)c4)n3)ccc2C1=O. The van der Waals surface area contributed by atoms with Crippen LogP contribution < -0.4 is 0 Å². The molecule has 0 spiro atoms. The molecule has 7 nitrogen and oxygen atoms in total. The topological polar surface area (TPSA) is 86.4 Å². The maximum atomic E-state index is 14.0. The maximum absolute atomic E-state index is 14.0. The Morgan fingerprint density at radius 1 is 0.816 bits per heavy atom. The van der Waals surface area contributed by atoms with Crippen molar-refractivity contribution in [2.45, 2.75) is 26.7 Å². The van der Waals surface area contributed by atoms with E-state index >= 15 is 0 Å². The lowest BCUT2D eigenvalue weighted by molar-refractivity contribution is 0.0809. The number of carbonyl (C=O) groups is 1. The van der Waals surface area contributed by atoms with Crippen LogP contribution in [-0.2, 0) is 6.42 Å². The molecule has 0 radical (unpaired) electrons. The van der Waals surface area contributed by atoms with Gasteiger partial charge in [-0.2, -0.15) is 0 Å². The average molecular weight is 509 g/mol. The molecule has 0 unspecified atom stereocenters. The predicted molar refractivity (Wildman–Crippen MR) is 137 cm³/mol. The van der Waals surface area contributed by atoms with Crippen LogP contribution in [0.15, 0.2) is 72.8 Å². The number of hydrogen-bond acceptors (Lipinski definition) is 6. The van der Waals surface area contributed by atoms with E-state index in [2.05, 4.69) is 25.4 Å². The number of aryl methyl sites for hydroxylation is 1. The third-order valence-corrected chi connectivity index (χ3v) is 6.74. The van der Waals surface area contributed by atoms with Crippen molar-refractivity contribution < 1.29 is 13.6 Å². The first-order valence-corrected chi connectivity index (χ1v) is 12.2. The molecule has 0 atom stereocenters. The van der Waals surface area contributed by atoms with Crippen LogP contribution in [0.25, 0.3) is 39.7 Å². The van der Waals surface area contributed by atoms with Crippen molar-refractivity contribution in [1.82, 2.24) is 30.2 Å². The van der Waals surface area contributed by atoms with Crippen molar-refractivity contribution in [2.24, 2.45) is 5.41 Å². The summed E-state index contributed by atoms with van der Waals surface area (Å²) in [6, 6.07) is 19.1. The predicted octanol–water partition coefficient (Wildman–Crippen LogP) is 5.89. The Labute approximate surface area is 217 Å². The minimum absolute atomic E-state index is 0.0842.